The summed E-state index contributed by atoms with van der Waals surface area (Å²) in [4.78, 5) is 12.0. The van der Waals surface area contributed by atoms with Crippen LogP contribution in [0.3, 0.4) is 0 Å². The second-order valence-electron chi connectivity index (χ2n) is 8.61. The lowest BCUT2D eigenvalue weighted by atomic mass is 9.97. The van der Waals surface area contributed by atoms with Gasteiger partial charge in [0.2, 0.25) is 5.95 Å². The van der Waals surface area contributed by atoms with Crippen LogP contribution in [0.15, 0.2) is 54.8 Å². The number of halogens is 1. The monoisotopic (exact) mass is 479 g/mol. The number of allylic oxidation sites excluding steroid dienone is 4. The number of ether oxygens (including phenoxy) is 1. The number of morpholine rings is 1. The molecule has 0 saturated carbocycles. The number of benzene rings is 1. The molecule has 2 N–H and O–H groups in total. The minimum Gasteiger partial charge on any atom is -0.379 e. The van der Waals surface area contributed by atoms with Crippen LogP contribution in [0.2, 0.25) is 5.02 Å². The van der Waals surface area contributed by atoms with Crippen molar-refractivity contribution in [2.75, 3.05) is 50.0 Å². The number of hydrogen-bond acceptors (Lipinski definition) is 7. The van der Waals surface area contributed by atoms with Crippen molar-refractivity contribution in [2.45, 2.75) is 19.4 Å². The SMILES string of the molecule is Clc1cccc(Nc2nc(NCCN3CCOCC3)nc3c2cnn3CCC2C=CC=CC2)c1. The number of nitrogens with zero attached hydrogens (tertiary/aromatic N) is 5. The maximum Gasteiger partial charge on any atom is 0.226 e. The van der Waals surface area contributed by atoms with Gasteiger partial charge in [0, 0.05) is 43.4 Å². The minimum atomic E-state index is 0.529. The van der Waals surface area contributed by atoms with Gasteiger partial charge >= 0.3 is 0 Å². The zero-order chi connectivity index (χ0) is 23.2. The topological polar surface area (TPSA) is 80.1 Å². The Morgan fingerprint density at radius 3 is 2.85 bits per heavy atom. The Bertz CT molecular complexity index is 1170. The fraction of sp³-hybridized carbons (Fsp3) is 0.400. The molecule has 1 atom stereocenters. The van der Waals surface area contributed by atoms with Gasteiger partial charge < -0.3 is 15.4 Å². The first-order chi connectivity index (χ1) is 16.7. The van der Waals surface area contributed by atoms with Crippen LogP contribution < -0.4 is 10.6 Å². The van der Waals surface area contributed by atoms with Crippen LogP contribution in [0.1, 0.15) is 12.8 Å². The highest BCUT2D eigenvalue weighted by atomic mass is 35.5. The molecule has 34 heavy (non-hydrogen) atoms. The van der Waals surface area contributed by atoms with Crippen LogP contribution in [0, 0.1) is 5.92 Å². The number of aryl methyl sites for hydroxylation is 1. The molecule has 0 bridgehead atoms. The van der Waals surface area contributed by atoms with E-state index in [1.54, 1.807) is 0 Å². The number of anilines is 3. The third-order valence-electron chi connectivity index (χ3n) is 6.18. The number of rotatable bonds is 9. The molecule has 9 heteroatoms. The average molecular weight is 480 g/mol. The van der Waals surface area contributed by atoms with E-state index in [0.29, 0.717) is 22.7 Å². The standard InChI is InChI=1S/C25H30ClN7O/c26-20-7-4-8-21(17-20)29-23-22-18-28-33(11-9-19-5-2-1-3-6-19)24(22)31-25(30-23)27-10-12-32-13-15-34-16-14-32/h1-5,7-8,17-19H,6,9-16H2,(H2,27,29,30,31). The summed E-state index contributed by atoms with van der Waals surface area (Å²) >= 11 is 6.20. The first kappa shape index (κ1) is 22.8. The first-order valence-corrected chi connectivity index (χ1v) is 12.3. The summed E-state index contributed by atoms with van der Waals surface area (Å²) in [5.74, 6) is 1.83. The van der Waals surface area contributed by atoms with Gasteiger partial charge in [-0.2, -0.15) is 15.1 Å². The van der Waals surface area contributed by atoms with E-state index in [9.17, 15) is 0 Å². The van der Waals surface area contributed by atoms with Gasteiger partial charge in [-0.3, -0.25) is 4.90 Å². The van der Waals surface area contributed by atoms with Crippen LogP contribution >= 0.6 is 11.6 Å². The Kier molecular flexibility index (Phi) is 7.38. The van der Waals surface area contributed by atoms with Gasteiger partial charge in [-0.15, -0.1) is 0 Å². The van der Waals surface area contributed by atoms with Crippen molar-refractivity contribution in [3.8, 4) is 0 Å². The second kappa shape index (κ2) is 11.0. The summed E-state index contributed by atoms with van der Waals surface area (Å²) < 4.78 is 7.43. The molecule has 5 rings (SSSR count). The maximum absolute atomic E-state index is 6.20. The normalized spacial score (nSPS) is 18.4. The largest absolute Gasteiger partial charge is 0.379 e. The molecule has 1 aliphatic carbocycles. The molecule has 8 nitrogen and oxygen atoms in total. The first-order valence-electron chi connectivity index (χ1n) is 11.9. The molecule has 0 spiro atoms. The summed E-state index contributed by atoms with van der Waals surface area (Å²) in [5, 5.41) is 13.0. The third kappa shape index (κ3) is 5.75. The number of aromatic nitrogens is 4. The Morgan fingerprint density at radius 1 is 1.12 bits per heavy atom. The molecule has 3 heterocycles. The molecule has 1 aromatic carbocycles. The molecule has 1 aliphatic heterocycles. The summed E-state index contributed by atoms with van der Waals surface area (Å²) in [6.07, 6.45) is 12.6. The molecule has 0 amide bonds. The zero-order valence-electron chi connectivity index (χ0n) is 19.2. The van der Waals surface area contributed by atoms with Gasteiger partial charge in [0.1, 0.15) is 5.82 Å². The predicted octanol–water partition coefficient (Wildman–Crippen LogP) is 4.49. The molecule has 2 aromatic heterocycles. The molecule has 1 fully saturated rings. The zero-order valence-corrected chi connectivity index (χ0v) is 19.9. The van der Waals surface area contributed by atoms with Crippen molar-refractivity contribution < 1.29 is 4.74 Å². The van der Waals surface area contributed by atoms with Gasteiger partial charge in [0.05, 0.1) is 24.8 Å². The van der Waals surface area contributed by atoms with Gasteiger partial charge in [0.15, 0.2) is 5.65 Å². The fourth-order valence-corrected chi connectivity index (χ4v) is 4.47. The lowest BCUT2D eigenvalue weighted by Crippen LogP contribution is -2.39. The quantitative estimate of drug-likeness (QED) is 0.468. The van der Waals surface area contributed by atoms with Crippen molar-refractivity contribution in [3.63, 3.8) is 0 Å². The van der Waals surface area contributed by atoms with E-state index in [1.165, 1.54) is 0 Å². The average Bonchev–Trinajstić information content (AvgIpc) is 3.27. The van der Waals surface area contributed by atoms with Gasteiger partial charge in [-0.1, -0.05) is 42.0 Å². The highest BCUT2D eigenvalue weighted by molar-refractivity contribution is 6.30. The molecule has 0 radical (unpaired) electrons. The smallest absolute Gasteiger partial charge is 0.226 e. The van der Waals surface area contributed by atoms with Crippen LogP contribution in [0.5, 0.6) is 0 Å². The maximum atomic E-state index is 6.20. The molecular weight excluding hydrogens is 450 g/mol. The van der Waals surface area contributed by atoms with E-state index in [-0.39, 0.29) is 0 Å². The summed E-state index contributed by atoms with van der Waals surface area (Å²) in [5.41, 5.74) is 1.70. The number of fused-ring (bicyclic) bond motifs is 1. The fourth-order valence-electron chi connectivity index (χ4n) is 4.28. The third-order valence-corrected chi connectivity index (χ3v) is 6.41. The molecular formula is C25H30ClN7O. The summed E-state index contributed by atoms with van der Waals surface area (Å²) in [7, 11) is 0. The van der Waals surface area contributed by atoms with E-state index in [4.69, 9.17) is 26.3 Å². The van der Waals surface area contributed by atoms with E-state index in [1.807, 2.05) is 35.1 Å². The van der Waals surface area contributed by atoms with Crippen molar-refractivity contribution >= 4 is 40.1 Å². The second-order valence-corrected chi connectivity index (χ2v) is 9.05. The molecule has 178 valence electrons. The molecule has 3 aromatic rings. The van der Waals surface area contributed by atoms with E-state index in [2.05, 4.69) is 44.9 Å². The summed E-state index contributed by atoms with van der Waals surface area (Å²) in [6, 6.07) is 7.63. The van der Waals surface area contributed by atoms with Gasteiger partial charge in [-0.05, 0) is 37.0 Å². The van der Waals surface area contributed by atoms with E-state index < -0.39 is 0 Å². The Balaban J connectivity index is 1.36. The van der Waals surface area contributed by atoms with E-state index in [0.717, 1.165) is 75.5 Å². The molecule has 2 aliphatic rings. The Hall–Kier alpha value is -2.94. The number of hydrogen-bond donors (Lipinski definition) is 2. The highest BCUT2D eigenvalue weighted by Gasteiger charge is 2.16. The van der Waals surface area contributed by atoms with Crippen LogP contribution in [-0.2, 0) is 11.3 Å². The Morgan fingerprint density at radius 2 is 2.03 bits per heavy atom. The van der Waals surface area contributed by atoms with Crippen molar-refractivity contribution in [2.24, 2.45) is 5.92 Å². The minimum absolute atomic E-state index is 0.529. The van der Waals surface area contributed by atoms with E-state index >= 15 is 0 Å². The Labute approximate surface area is 204 Å². The highest BCUT2D eigenvalue weighted by Crippen LogP contribution is 2.27. The van der Waals surface area contributed by atoms with Crippen molar-refractivity contribution in [3.05, 3.63) is 59.8 Å². The lowest BCUT2D eigenvalue weighted by Gasteiger charge is -2.26. The van der Waals surface area contributed by atoms with Crippen molar-refractivity contribution in [1.29, 1.82) is 0 Å². The predicted molar refractivity (Wildman–Crippen MR) is 137 cm³/mol. The van der Waals surface area contributed by atoms with Crippen LogP contribution in [-0.4, -0.2) is 64.0 Å². The van der Waals surface area contributed by atoms with Crippen LogP contribution in [0.4, 0.5) is 17.5 Å². The number of nitrogens with one attached hydrogen (secondary N) is 2. The van der Waals surface area contributed by atoms with Gasteiger partial charge in [-0.25, -0.2) is 4.68 Å². The van der Waals surface area contributed by atoms with Crippen molar-refractivity contribution in [1.82, 2.24) is 24.6 Å². The molecule has 1 saturated heterocycles. The lowest BCUT2D eigenvalue weighted by molar-refractivity contribution is 0.0398. The summed E-state index contributed by atoms with van der Waals surface area (Å²) in [6.45, 7) is 5.98. The molecule has 1 unspecified atom stereocenters. The van der Waals surface area contributed by atoms with Crippen LogP contribution in [0.25, 0.3) is 11.0 Å². The van der Waals surface area contributed by atoms with Gasteiger partial charge in [0.25, 0.3) is 0 Å².